The third-order valence-electron chi connectivity index (χ3n) is 3.42. The topological polar surface area (TPSA) is 86.2 Å². The van der Waals surface area contributed by atoms with Gasteiger partial charge in [-0.2, -0.15) is 4.98 Å². The van der Waals surface area contributed by atoms with E-state index in [2.05, 4.69) is 21.8 Å². The molecule has 1 aromatic carbocycles. The molecule has 0 saturated heterocycles. The summed E-state index contributed by atoms with van der Waals surface area (Å²) in [6.07, 6.45) is 3.51. The van der Waals surface area contributed by atoms with Gasteiger partial charge in [0.15, 0.2) is 0 Å². The zero-order valence-electron chi connectivity index (χ0n) is 13.7. The molecule has 122 valence electrons. The minimum absolute atomic E-state index is 0.213. The van der Waals surface area contributed by atoms with Gasteiger partial charge in [-0.3, -0.25) is 0 Å². The number of aromatic nitrogens is 3. The van der Waals surface area contributed by atoms with E-state index in [4.69, 9.17) is 10.5 Å². The van der Waals surface area contributed by atoms with Crippen molar-refractivity contribution < 1.29 is 9.84 Å². The van der Waals surface area contributed by atoms with Crippen LogP contribution in [0.4, 0.5) is 5.95 Å². The molecular formula is C18H18N4O2. The fourth-order valence-corrected chi connectivity index (χ4v) is 2.35. The molecule has 0 bridgehead atoms. The van der Waals surface area contributed by atoms with Gasteiger partial charge in [0.05, 0.1) is 18.2 Å². The van der Waals surface area contributed by atoms with Crippen molar-refractivity contribution in [3.05, 3.63) is 42.2 Å². The Labute approximate surface area is 139 Å². The first-order chi connectivity index (χ1) is 11.4. The molecule has 2 aromatic heterocycles. The fourth-order valence-electron chi connectivity index (χ4n) is 2.35. The highest BCUT2D eigenvalue weighted by Crippen LogP contribution is 2.28. The number of methoxy groups -OCH3 is 1. The molecule has 3 N–H and O–H groups in total. The summed E-state index contributed by atoms with van der Waals surface area (Å²) in [6, 6.07) is 7.56. The average molecular weight is 322 g/mol. The van der Waals surface area contributed by atoms with Crippen molar-refractivity contribution in [1.29, 1.82) is 0 Å². The van der Waals surface area contributed by atoms with Gasteiger partial charge in [-0.05, 0) is 38.1 Å². The molecule has 6 nitrogen and oxygen atoms in total. The summed E-state index contributed by atoms with van der Waals surface area (Å²) in [5.74, 6) is 7.32. The standard InChI is InChI=1S/C18H18N4O2/c1-18(2,23)7-4-13-10-14-12(11-15(13)24-3)6-9-22(14)16-5-8-20-17(19)21-16/h5-6,8-11,23H,1-3H3,(H2,19,20,21). The summed E-state index contributed by atoms with van der Waals surface area (Å²) in [5.41, 5.74) is 6.19. The van der Waals surface area contributed by atoms with Gasteiger partial charge < -0.3 is 20.1 Å². The Morgan fingerprint density at radius 1 is 1.29 bits per heavy atom. The van der Waals surface area contributed by atoms with Crippen LogP contribution in [0.2, 0.25) is 0 Å². The van der Waals surface area contributed by atoms with E-state index in [1.165, 1.54) is 0 Å². The van der Waals surface area contributed by atoms with Gasteiger partial charge in [-0.25, -0.2) is 4.98 Å². The van der Waals surface area contributed by atoms with E-state index in [1.54, 1.807) is 33.2 Å². The van der Waals surface area contributed by atoms with E-state index in [-0.39, 0.29) is 5.95 Å². The van der Waals surface area contributed by atoms with Crippen LogP contribution >= 0.6 is 0 Å². The first-order valence-corrected chi connectivity index (χ1v) is 7.41. The van der Waals surface area contributed by atoms with Crippen molar-refractivity contribution in [3.63, 3.8) is 0 Å². The molecular weight excluding hydrogens is 304 g/mol. The van der Waals surface area contributed by atoms with E-state index in [0.717, 1.165) is 10.9 Å². The Morgan fingerprint density at radius 3 is 2.75 bits per heavy atom. The lowest BCUT2D eigenvalue weighted by atomic mass is 10.1. The summed E-state index contributed by atoms with van der Waals surface area (Å²) in [5, 5.41) is 10.8. The largest absolute Gasteiger partial charge is 0.495 e. The van der Waals surface area contributed by atoms with Crippen LogP contribution in [0.25, 0.3) is 16.7 Å². The van der Waals surface area contributed by atoms with Crippen LogP contribution in [0.15, 0.2) is 36.7 Å². The van der Waals surface area contributed by atoms with Crippen LogP contribution in [0, 0.1) is 11.8 Å². The minimum atomic E-state index is -1.08. The number of ether oxygens (including phenoxy) is 1. The SMILES string of the molecule is COc1cc2ccn(-c3ccnc(N)n3)c2cc1C#CC(C)(C)O. The smallest absolute Gasteiger partial charge is 0.221 e. The van der Waals surface area contributed by atoms with Crippen LogP contribution in [0.5, 0.6) is 5.75 Å². The van der Waals surface area contributed by atoms with Gasteiger partial charge in [-0.15, -0.1) is 0 Å². The van der Waals surface area contributed by atoms with Gasteiger partial charge in [0.2, 0.25) is 5.95 Å². The van der Waals surface area contributed by atoms with E-state index in [0.29, 0.717) is 17.1 Å². The minimum Gasteiger partial charge on any atom is -0.495 e. The number of anilines is 1. The molecule has 0 radical (unpaired) electrons. The number of nitrogens with zero attached hydrogens (tertiary/aromatic N) is 3. The van der Waals surface area contributed by atoms with Crippen molar-refractivity contribution in [2.75, 3.05) is 12.8 Å². The third-order valence-corrected chi connectivity index (χ3v) is 3.42. The fraction of sp³-hybridized carbons (Fsp3) is 0.222. The van der Waals surface area contributed by atoms with Crippen molar-refractivity contribution >= 4 is 16.9 Å². The maximum atomic E-state index is 9.83. The number of hydrogen-bond donors (Lipinski definition) is 2. The second-order valence-electron chi connectivity index (χ2n) is 5.88. The third kappa shape index (κ3) is 3.16. The predicted octanol–water partition coefficient (Wildman–Crippen LogP) is 2.13. The van der Waals surface area contributed by atoms with Gasteiger partial charge in [0, 0.05) is 17.8 Å². The molecule has 0 unspecified atom stereocenters. The molecule has 0 spiro atoms. The zero-order chi connectivity index (χ0) is 17.3. The molecule has 0 atom stereocenters. The van der Waals surface area contributed by atoms with Gasteiger partial charge in [-0.1, -0.05) is 11.8 Å². The Hall–Kier alpha value is -3.04. The van der Waals surface area contributed by atoms with Crippen molar-refractivity contribution in [2.45, 2.75) is 19.4 Å². The van der Waals surface area contributed by atoms with E-state index in [9.17, 15) is 5.11 Å². The van der Waals surface area contributed by atoms with Gasteiger partial charge in [0.1, 0.15) is 17.2 Å². The van der Waals surface area contributed by atoms with Crippen LogP contribution < -0.4 is 10.5 Å². The molecule has 2 heterocycles. The first kappa shape index (κ1) is 15.8. The van der Waals surface area contributed by atoms with E-state index in [1.807, 2.05) is 29.0 Å². The lowest BCUT2D eigenvalue weighted by molar-refractivity contribution is 0.143. The van der Waals surface area contributed by atoms with Crippen molar-refractivity contribution in [1.82, 2.24) is 14.5 Å². The number of nitrogens with two attached hydrogens (primary N) is 1. The molecule has 6 heteroatoms. The van der Waals surface area contributed by atoms with Crippen molar-refractivity contribution in [3.8, 4) is 23.4 Å². The quantitative estimate of drug-likeness (QED) is 0.706. The van der Waals surface area contributed by atoms with Gasteiger partial charge in [0.25, 0.3) is 0 Å². The normalized spacial score (nSPS) is 11.2. The van der Waals surface area contributed by atoms with Crippen LogP contribution in [-0.4, -0.2) is 32.4 Å². The average Bonchev–Trinajstić information content (AvgIpc) is 2.94. The lowest BCUT2D eigenvalue weighted by Gasteiger charge is -2.09. The molecule has 0 fully saturated rings. The van der Waals surface area contributed by atoms with E-state index < -0.39 is 5.60 Å². The molecule has 3 rings (SSSR count). The number of benzene rings is 1. The molecule has 0 amide bonds. The van der Waals surface area contributed by atoms with Gasteiger partial charge >= 0.3 is 0 Å². The Morgan fingerprint density at radius 2 is 2.08 bits per heavy atom. The number of aliphatic hydroxyl groups is 1. The highest BCUT2D eigenvalue weighted by Gasteiger charge is 2.11. The predicted molar refractivity (Wildman–Crippen MR) is 93.0 cm³/mol. The number of rotatable bonds is 2. The number of fused-ring (bicyclic) bond motifs is 1. The second kappa shape index (κ2) is 5.87. The monoisotopic (exact) mass is 322 g/mol. The van der Waals surface area contributed by atoms with E-state index >= 15 is 0 Å². The summed E-state index contributed by atoms with van der Waals surface area (Å²) in [6.45, 7) is 3.27. The lowest BCUT2D eigenvalue weighted by Crippen LogP contribution is -2.14. The maximum Gasteiger partial charge on any atom is 0.221 e. The summed E-state index contributed by atoms with van der Waals surface area (Å²) >= 11 is 0. The van der Waals surface area contributed by atoms with Crippen LogP contribution in [0.3, 0.4) is 0 Å². The maximum absolute atomic E-state index is 9.83. The molecule has 0 aliphatic rings. The Bertz CT molecular complexity index is 959. The highest BCUT2D eigenvalue weighted by molar-refractivity contribution is 5.85. The van der Waals surface area contributed by atoms with Crippen molar-refractivity contribution in [2.24, 2.45) is 0 Å². The molecule has 24 heavy (non-hydrogen) atoms. The zero-order valence-corrected chi connectivity index (χ0v) is 13.7. The first-order valence-electron chi connectivity index (χ1n) is 7.41. The Kier molecular flexibility index (Phi) is 3.87. The molecule has 0 aliphatic carbocycles. The highest BCUT2D eigenvalue weighted by atomic mass is 16.5. The summed E-state index contributed by atoms with van der Waals surface area (Å²) in [7, 11) is 1.60. The second-order valence-corrected chi connectivity index (χ2v) is 5.88. The molecule has 0 saturated carbocycles. The summed E-state index contributed by atoms with van der Waals surface area (Å²) in [4.78, 5) is 8.16. The molecule has 3 aromatic rings. The van der Waals surface area contributed by atoms with Crippen LogP contribution in [0.1, 0.15) is 19.4 Å². The van der Waals surface area contributed by atoms with Crippen LogP contribution in [-0.2, 0) is 0 Å². The summed E-state index contributed by atoms with van der Waals surface area (Å²) < 4.78 is 7.32. The number of hydrogen-bond acceptors (Lipinski definition) is 5. The molecule has 0 aliphatic heterocycles. The Balaban J connectivity index is 2.19. The number of nitrogen functional groups attached to an aromatic ring is 1.